The summed E-state index contributed by atoms with van der Waals surface area (Å²) in [7, 11) is 0. The minimum Gasteiger partial charge on any atom is -0.481 e. The van der Waals surface area contributed by atoms with E-state index in [0.29, 0.717) is 13.0 Å². The fourth-order valence-corrected chi connectivity index (χ4v) is 3.36. The molecular weight excluding hydrogens is 468 g/mol. The number of aliphatic carboxylic acids is 2. The van der Waals surface area contributed by atoms with Crippen LogP contribution in [0.15, 0.2) is 0 Å². The minimum absolute atomic E-state index is 0.177. The van der Waals surface area contributed by atoms with Crippen molar-refractivity contribution in [1.82, 2.24) is 21.3 Å². The third kappa shape index (κ3) is 11.3. The van der Waals surface area contributed by atoms with Gasteiger partial charge in [-0.1, -0.05) is 0 Å². The summed E-state index contributed by atoms with van der Waals surface area (Å²) in [5.74, 6) is -6.62. The SMILES string of the molecule is NC(=O)CCC(NC(=O)C(CCC(=O)O)NC(=O)C(CCC(N)=O)NC(=O)C1CCCN1)C(=O)O. The molecule has 196 valence electrons. The molecule has 1 rings (SSSR count). The van der Waals surface area contributed by atoms with E-state index in [-0.39, 0.29) is 25.7 Å². The topological polar surface area (TPSA) is 260 Å². The lowest BCUT2D eigenvalue weighted by Crippen LogP contribution is -2.57. The number of rotatable bonds is 16. The first kappa shape index (κ1) is 29.3. The number of hydrogen-bond donors (Lipinski definition) is 8. The third-order valence-electron chi connectivity index (χ3n) is 5.26. The molecule has 15 heteroatoms. The Morgan fingerprint density at radius 1 is 0.771 bits per heavy atom. The van der Waals surface area contributed by atoms with E-state index in [4.69, 9.17) is 16.6 Å². The lowest BCUT2D eigenvalue weighted by Gasteiger charge is -2.25. The molecular formula is C20H32N6O9. The van der Waals surface area contributed by atoms with E-state index >= 15 is 0 Å². The van der Waals surface area contributed by atoms with Crippen molar-refractivity contribution in [2.45, 2.75) is 75.5 Å². The average molecular weight is 501 g/mol. The van der Waals surface area contributed by atoms with Crippen molar-refractivity contribution < 1.29 is 43.8 Å². The van der Waals surface area contributed by atoms with Crippen LogP contribution < -0.4 is 32.7 Å². The number of carbonyl (C=O) groups excluding carboxylic acids is 5. The molecule has 10 N–H and O–H groups in total. The summed E-state index contributed by atoms with van der Waals surface area (Å²) >= 11 is 0. The number of amides is 5. The van der Waals surface area contributed by atoms with Crippen molar-refractivity contribution in [1.29, 1.82) is 0 Å². The molecule has 1 heterocycles. The molecule has 15 nitrogen and oxygen atoms in total. The lowest BCUT2D eigenvalue weighted by atomic mass is 10.1. The Bertz CT molecular complexity index is 828. The molecule has 0 aliphatic carbocycles. The van der Waals surface area contributed by atoms with Crippen LogP contribution in [0.4, 0.5) is 0 Å². The first-order valence-electron chi connectivity index (χ1n) is 11.1. The number of carboxylic acids is 2. The number of carbonyl (C=O) groups is 7. The van der Waals surface area contributed by atoms with E-state index in [9.17, 15) is 38.7 Å². The maximum Gasteiger partial charge on any atom is 0.326 e. The molecule has 4 atom stereocenters. The van der Waals surface area contributed by atoms with Crippen molar-refractivity contribution >= 4 is 41.5 Å². The van der Waals surface area contributed by atoms with E-state index in [1.807, 2.05) is 0 Å². The molecule has 4 unspecified atom stereocenters. The van der Waals surface area contributed by atoms with Crippen LogP contribution in [0.5, 0.6) is 0 Å². The summed E-state index contributed by atoms with van der Waals surface area (Å²) in [6.45, 7) is 0.619. The quantitative estimate of drug-likeness (QED) is 0.104. The van der Waals surface area contributed by atoms with Crippen LogP contribution in [-0.2, 0) is 33.6 Å². The zero-order valence-corrected chi connectivity index (χ0v) is 19.1. The Balaban J connectivity index is 2.97. The van der Waals surface area contributed by atoms with Gasteiger partial charge in [-0.25, -0.2) is 4.79 Å². The number of nitrogens with one attached hydrogen (secondary N) is 4. The van der Waals surface area contributed by atoms with Crippen molar-refractivity contribution in [3.63, 3.8) is 0 Å². The smallest absolute Gasteiger partial charge is 0.326 e. The van der Waals surface area contributed by atoms with Crippen LogP contribution in [0.2, 0.25) is 0 Å². The fraction of sp³-hybridized carbons (Fsp3) is 0.650. The van der Waals surface area contributed by atoms with Gasteiger partial charge in [0.2, 0.25) is 29.5 Å². The molecule has 1 aliphatic heterocycles. The van der Waals surface area contributed by atoms with Crippen LogP contribution in [0, 0.1) is 0 Å². The third-order valence-corrected chi connectivity index (χ3v) is 5.26. The molecule has 35 heavy (non-hydrogen) atoms. The molecule has 0 spiro atoms. The average Bonchev–Trinajstić information content (AvgIpc) is 3.30. The molecule has 0 radical (unpaired) electrons. The Kier molecular flexibility index (Phi) is 12.1. The van der Waals surface area contributed by atoms with Gasteiger partial charge in [0.15, 0.2) is 0 Å². The normalized spacial score (nSPS) is 17.4. The van der Waals surface area contributed by atoms with Gasteiger partial charge in [0.1, 0.15) is 18.1 Å². The van der Waals surface area contributed by atoms with E-state index < -0.39 is 78.5 Å². The van der Waals surface area contributed by atoms with Crippen LogP contribution in [-0.4, -0.2) is 82.4 Å². The van der Waals surface area contributed by atoms with Gasteiger partial charge >= 0.3 is 11.9 Å². The predicted octanol–water partition coefficient (Wildman–Crippen LogP) is -3.33. The zero-order valence-electron chi connectivity index (χ0n) is 19.1. The Labute approximate surface area is 200 Å². The predicted molar refractivity (Wildman–Crippen MR) is 118 cm³/mol. The molecule has 0 saturated carbocycles. The summed E-state index contributed by atoms with van der Waals surface area (Å²) in [5.41, 5.74) is 10.2. The first-order valence-corrected chi connectivity index (χ1v) is 11.1. The van der Waals surface area contributed by atoms with E-state index in [0.717, 1.165) is 6.42 Å². The highest BCUT2D eigenvalue weighted by atomic mass is 16.4. The van der Waals surface area contributed by atoms with Gasteiger partial charge in [-0.2, -0.15) is 0 Å². The Morgan fingerprint density at radius 2 is 1.26 bits per heavy atom. The summed E-state index contributed by atoms with van der Waals surface area (Å²) < 4.78 is 0. The van der Waals surface area contributed by atoms with Gasteiger partial charge in [-0.05, 0) is 38.6 Å². The van der Waals surface area contributed by atoms with E-state index in [1.54, 1.807) is 0 Å². The molecule has 0 aromatic rings. The van der Waals surface area contributed by atoms with Crippen molar-refractivity contribution in [2.75, 3.05) is 6.54 Å². The van der Waals surface area contributed by atoms with Gasteiger partial charge < -0.3 is 42.9 Å². The highest BCUT2D eigenvalue weighted by Gasteiger charge is 2.32. The van der Waals surface area contributed by atoms with E-state index in [1.165, 1.54) is 0 Å². The number of carboxylic acid groups (broad SMARTS) is 2. The molecule has 0 aromatic carbocycles. The van der Waals surface area contributed by atoms with Gasteiger partial charge in [-0.15, -0.1) is 0 Å². The van der Waals surface area contributed by atoms with Crippen LogP contribution in [0.1, 0.15) is 51.4 Å². The highest BCUT2D eigenvalue weighted by Crippen LogP contribution is 2.08. The summed E-state index contributed by atoms with van der Waals surface area (Å²) in [6.07, 6.45) is -0.714. The molecule has 1 fully saturated rings. The van der Waals surface area contributed by atoms with Gasteiger partial charge in [-0.3, -0.25) is 28.8 Å². The maximum atomic E-state index is 12.9. The number of nitrogens with two attached hydrogens (primary N) is 2. The molecule has 1 saturated heterocycles. The van der Waals surface area contributed by atoms with Crippen molar-refractivity contribution in [2.24, 2.45) is 11.5 Å². The standard InChI is InChI=1S/C20H32N6O9/c21-14(27)6-3-11(24-17(31)10-2-1-9-23-10)18(32)25-12(5-8-16(29)30)19(33)26-13(20(34)35)4-7-15(22)28/h10-13,23H,1-9H2,(H2,21,27)(H2,22,28)(H,24,31)(H,25,32)(H,26,33)(H,29,30)(H,34,35). The molecule has 1 aliphatic rings. The number of primary amides is 2. The van der Waals surface area contributed by atoms with Gasteiger partial charge in [0, 0.05) is 19.3 Å². The molecule has 0 bridgehead atoms. The van der Waals surface area contributed by atoms with E-state index in [2.05, 4.69) is 21.3 Å². The second kappa shape index (κ2) is 14.5. The van der Waals surface area contributed by atoms with Gasteiger partial charge in [0.25, 0.3) is 0 Å². The summed E-state index contributed by atoms with van der Waals surface area (Å²) in [6, 6.07) is -4.79. The van der Waals surface area contributed by atoms with Crippen LogP contribution >= 0.6 is 0 Å². The molecule has 0 aromatic heterocycles. The largest absolute Gasteiger partial charge is 0.481 e. The Morgan fingerprint density at radius 3 is 1.71 bits per heavy atom. The second-order valence-electron chi connectivity index (χ2n) is 8.11. The summed E-state index contributed by atoms with van der Waals surface area (Å²) in [5, 5.41) is 28.2. The minimum atomic E-state index is -1.52. The zero-order chi connectivity index (χ0) is 26.5. The molecule has 5 amide bonds. The Hall–Kier alpha value is -3.75. The monoisotopic (exact) mass is 500 g/mol. The van der Waals surface area contributed by atoms with Crippen LogP contribution in [0.3, 0.4) is 0 Å². The fourth-order valence-electron chi connectivity index (χ4n) is 3.36. The number of hydrogen-bond acceptors (Lipinski definition) is 8. The van der Waals surface area contributed by atoms with Crippen molar-refractivity contribution in [3.8, 4) is 0 Å². The van der Waals surface area contributed by atoms with Gasteiger partial charge in [0.05, 0.1) is 6.04 Å². The lowest BCUT2D eigenvalue weighted by molar-refractivity contribution is -0.143. The maximum absolute atomic E-state index is 12.9. The van der Waals surface area contributed by atoms with Crippen molar-refractivity contribution in [3.05, 3.63) is 0 Å². The second-order valence-corrected chi connectivity index (χ2v) is 8.11. The van der Waals surface area contributed by atoms with Crippen LogP contribution in [0.25, 0.3) is 0 Å². The summed E-state index contributed by atoms with van der Waals surface area (Å²) in [4.78, 5) is 82.7. The first-order chi connectivity index (χ1) is 16.4. The highest BCUT2D eigenvalue weighted by molar-refractivity contribution is 5.94.